The third kappa shape index (κ3) is 2.96. The van der Waals surface area contributed by atoms with E-state index in [0.29, 0.717) is 6.61 Å². The Balaban J connectivity index is 2.73. The highest BCUT2D eigenvalue weighted by atomic mass is 16.5. The maximum absolute atomic E-state index is 10.3. The first-order valence-corrected chi connectivity index (χ1v) is 6.24. The standard InChI is InChI=1S/C13H23NO2/c1-11(9-16-2)12(15)13(10-14)7-5-3-4-6-8-13/h11-12,15H,3-9H2,1-2H3. The van der Waals surface area contributed by atoms with Crippen LogP contribution in [0.4, 0.5) is 0 Å². The molecule has 0 bridgehead atoms. The van der Waals surface area contributed by atoms with Crippen molar-refractivity contribution in [2.24, 2.45) is 11.3 Å². The molecule has 0 aliphatic heterocycles. The number of aliphatic hydroxyl groups is 1. The third-order valence-corrected chi connectivity index (χ3v) is 3.75. The van der Waals surface area contributed by atoms with Crippen molar-refractivity contribution in [3.8, 4) is 6.07 Å². The second-order valence-electron chi connectivity index (χ2n) is 5.06. The van der Waals surface area contributed by atoms with Crippen molar-refractivity contribution < 1.29 is 9.84 Å². The second-order valence-corrected chi connectivity index (χ2v) is 5.06. The van der Waals surface area contributed by atoms with Crippen molar-refractivity contribution >= 4 is 0 Å². The maximum Gasteiger partial charge on any atom is 0.0835 e. The molecule has 2 atom stereocenters. The van der Waals surface area contributed by atoms with E-state index in [9.17, 15) is 10.4 Å². The molecule has 0 aromatic carbocycles. The zero-order chi connectivity index (χ0) is 12.0. The summed E-state index contributed by atoms with van der Waals surface area (Å²) in [4.78, 5) is 0. The molecular formula is C13H23NO2. The molecule has 1 N–H and O–H groups in total. The summed E-state index contributed by atoms with van der Waals surface area (Å²) in [5.41, 5.74) is -0.533. The number of nitriles is 1. The van der Waals surface area contributed by atoms with Crippen LogP contribution in [0.15, 0.2) is 0 Å². The van der Waals surface area contributed by atoms with Gasteiger partial charge in [0, 0.05) is 13.0 Å². The molecule has 92 valence electrons. The van der Waals surface area contributed by atoms with Crippen LogP contribution in [0.5, 0.6) is 0 Å². The minimum atomic E-state index is -0.560. The smallest absolute Gasteiger partial charge is 0.0835 e. The molecule has 0 radical (unpaired) electrons. The van der Waals surface area contributed by atoms with Gasteiger partial charge >= 0.3 is 0 Å². The Hall–Kier alpha value is -0.590. The molecule has 1 aliphatic rings. The summed E-state index contributed by atoms with van der Waals surface area (Å²) in [7, 11) is 1.63. The van der Waals surface area contributed by atoms with Crippen molar-refractivity contribution in [1.29, 1.82) is 5.26 Å². The van der Waals surface area contributed by atoms with Crippen LogP contribution in [0.3, 0.4) is 0 Å². The minimum Gasteiger partial charge on any atom is -0.391 e. The molecule has 0 spiro atoms. The first-order valence-electron chi connectivity index (χ1n) is 6.24. The predicted octanol–water partition coefficient (Wildman–Crippen LogP) is 2.49. The maximum atomic E-state index is 10.3. The Bertz CT molecular complexity index is 239. The lowest BCUT2D eigenvalue weighted by Gasteiger charge is -2.34. The van der Waals surface area contributed by atoms with Crippen LogP contribution in [-0.2, 0) is 4.74 Å². The molecule has 0 heterocycles. The van der Waals surface area contributed by atoms with Gasteiger partial charge < -0.3 is 9.84 Å². The van der Waals surface area contributed by atoms with Crippen LogP contribution in [-0.4, -0.2) is 24.9 Å². The van der Waals surface area contributed by atoms with Crippen LogP contribution in [0.1, 0.15) is 45.4 Å². The van der Waals surface area contributed by atoms with Gasteiger partial charge in [0.25, 0.3) is 0 Å². The molecule has 0 aromatic heterocycles. The topological polar surface area (TPSA) is 53.2 Å². The number of methoxy groups -OCH3 is 1. The van der Waals surface area contributed by atoms with E-state index >= 15 is 0 Å². The number of nitrogens with zero attached hydrogens (tertiary/aromatic N) is 1. The number of ether oxygens (including phenoxy) is 1. The van der Waals surface area contributed by atoms with Crippen LogP contribution in [0.2, 0.25) is 0 Å². The van der Waals surface area contributed by atoms with E-state index in [2.05, 4.69) is 6.07 Å². The summed E-state index contributed by atoms with van der Waals surface area (Å²) in [5.74, 6) is 0.0303. The lowest BCUT2D eigenvalue weighted by Crippen LogP contribution is -2.39. The molecule has 3 nitrogen and oxygen atoms in total. The number of hydrogen-bond donors (Lipinski definition) is 1. The molecule has 0 saturated heterocycles. The van der Waals surface area contributed by atoms with E-state index in [-0.39, 0.29) is 5.92 Å². The normalized spacial score (nSPS) is 24.1. The molecule has 1 fully saturated rings. The van der Waals surface area contributed by atoms with Crippen LogP contribution < -0.4 is 0 Å². The van der Waals surface area contributed by atoms with Crippen molar-refractivity contribution in [1.82, 2.24) is 0 Å². The molecule has 0 amide bonds. The number of aliphatic hydroxyl groups excluding tert-OH is 1. The van der Waals surface area contributed by atoms with Gasteiger partial charge in [-0.2, -0.15) is 5.26 Å². The molecule has 1 saturated carbocycles. The quantitative estimate of drug-likeness (QED) is 0.748. The predicted molar refractivity (Wildman–Crippen MR) is 62.8 cm³/mol. The lowest BCUT2D eigenvalue weighted by atomic mass is 9.73. The van der Waals surface area contributed by atoms with Gasteiger partial charge in [0.15, 0.2) is 0 Å². The Morgan fingerprint density at radius 1 is 1.31 bits per heavy atom. The van der Waals surface area contributed by atoms with Gasteiger partial charge in [-0.05, 0) is 12.8 Å². The zero-order valence-corrected chi connectivity index (χ0v) is 10.4. The summed E-state index contributed by atoms with van der Waals surface area (Å²) in [6.45, 7) is 2.47. The van der Waals surface area contributed by atoms with E-state index < -0.39 is 11.5 Å². The van der Waals surface area contributed by atoms with Gasteiger partial charge in [-0.25, -0.2) is 0 Å². The van der Waals surface area contributed by atoms with Crippen molar-refractivity contribution in [2.75, 3.05) is 13.7 Å². The first-order chi connectivity index (χ1) is 7.66. The van der Waals surface area contributed by atoms with Gasteiger partial charge in [-0.1, -0.05) is 32.6 Å². The van der Waals surface area contributed by atoms with Gasteiger partial charge in [0.2, 0.25) is 0 Å². The zero-order valence-electron chi connectivity index (χ0n) is 10.4. The van der Waals surface area contributed by atoms with Crippen LogP contribution in [0.25, 0.3) is 0 Å². The molecular weight excluding hydrogens is 202 g/mol. The minimum absolute atomic E-state index is 0.0303. The van der Waals surface area contributed by atoms with Crippen LogP contribution in [0, 0.1) is 22.7 Å². The summed E-state index contributed by atoms with van der Waals surface area (Å²) in [6, 6.07) is 2.39. The fourth-order valence-electron chi connectivity index (χ4n) is 2.73. The van der Waals surface area contributed by atoms with Crippen molar-refractivity contribution in [3.63, 3.8) is 0 Å². The average Bonchev–Trinajstić information content (AvgIpc) is 2.54. The highest BCUT2D eigenvalue weighted by Gasteiger charge is 2.40. The number of hydrogen-bond acceptors (Lipinski definition) is 3. The summed E-state index contributed by atoms with van der Waals surface area (Å²) in [6.07, 6.45) is 5.60. The van der Waals surface area contributed by atoms with E-state index in [0.717, 1.165) is 25.7 Å². The van der Waals surface area contributed by atoms with Gasteiger partial charge in [0.1, 0.15) is 0 Å². The fourth-order valence-corrected chi connectivity index (χ4v) is 2.73. The largest absolute Gasteiger partial charge is 0.391 e. The molecule has 2 unspecified atom stereocenters. The number of rotatable bonds is 4. The van der Waals surface area contributed by atoms with Gasteiger partial charge in [-0.3, -0.25) is 0 Å². The van der Waals surface area contributed by atoms with Crippen molar-refractivity contribution in [2.45, 2.75) is 51.6 Å². The lowest BCUT2D eigenvalue weighted by molar-refractivity contribution is -0.0169. The molecule has 1 aliphatic carbocycles. The molecule has 16 heavy (non-hydrogen) atoms. The second kappa shape index (κ2) is 6.22. The molecule has 1 rings (SSSR count). The third-order valence-electron chi connectivity index (χ3n) is 3.75. The van der Waals surface area contributed by atoms with Gasteiger partial charge in [-0.15, -0.1) is 0 Å². The summed E-state index contributed by atoms with van der Waals surface area (Å²) in [5, 5.41) is 19.7. The van der Waals surface area contributed by atoms with Crippen molar-refractivity contribution in [3.05, 3.63) is 0 Å². The molecule has 3 heteroatoms. The monoisotopic (exact) mass is 225 g/mol. The fraction of sp³-hybridized carbons (Fsp3) is 0.923. The first kappa shape index (κ1) is 13.5. The van der Waals surface area contributed by atoms with E-state index in [1.807, 2.05) is 6.92 Å². The SMILES string of the molecule is COCC(C)C(O)C1(C#N)CCCCCC1. The molecule has 0 aromatic rings. The Kier molecular flexibility index (Phi) is 5.24. The van der Waals surface area contributed by atoms with E-state index in [4.69, 9.17) is 4.74 Å². The van der Waals surface area contributed by atoms with Gasteiger partial charge in [0.05, 0.1) is 24.2 Å². The van der Waals surface area contributed by atoms with Crippen LogP contribution >= 0.6 is 0 Å². The Morgan fingerprint density at radius 2 is 1.88 bits per heavy atom. The average molecular weight is 225 g/mol. The van der Waals surface area contributed by atoms with E-state index in [1.54, 1.807) is 7.11 Å². The van der Waals surface area contributed by atoms with E-state index in [1.165, 1.54) is 12.8 Å². The summed E-state index contributed by atoms with van der Waals surface area (Å²) >= 11 is 0. The highest BCUT2D eigenvalue weighted by Crippen LogP contribution is 2.40. The Labute approximate surface area is 98.4 Å². The summed E-state index contributed by atoms with van der Waals surface area (Å²) < 4.78 is 5.07. The highest BCUT2D eigenvalue weighted by molar-refractivity contribution is 5.05. The Morgan fingerprint density at radius 3 is 2.31 bits per heavy atom.